The highest BCUT2D eigenvalue weighted by Crippen LogP contribution is 2.21. The lowest BCUT2D eigenvalue weighted by atomic mass is 10.1. The summed E-state index contributed by atoms with van der Waals surface area (Å²) in [5.74, 6) is -0.301. The van der Waals surface area contributed by atoms with Crippen LogP contribution in [0.2, 0.25) is 0 Å². The molecule has 0 unspecified atom stereocenters. The van der Waals surface area contributed by atoms with Gasteiger partial charge in [-0.3, -0.25) is 14.5 Å². The molecule has 5 heteroatoms. The van der Waals surface area contributed by atoms with E-state index in [0.717, 1.165) is 34.5 Å². The highest BCUT2D eigenvalue weighted by molar-refractivity contribution is 5.95. The van der Waals surface area contributed by atoms with Gasteiger partial charge in [0.2, 0.25) is 11.8 Å². The van der Waals surface area contributed by atoms with Crippen LogP contribution in [0, 0.1) is 0 Å². The first kappa shape index (κ1) is 21.3. The molecular weight excluding hydrogens is 374 g/mol. The lowest BCUT2D eigenvalue weighted by molar-refractivity contribution is -0.119. The molecular formula is C25H27N3O2. The van der Waals surface area contributed by atoms with Crippen molar-refractivity contribution >= 4 is 23.2 Å². The molecule has 0 saturated heterocycles. The topological polar surface area (TPSA) is 61.4 Å². The molecule has 2 N–H and O–H groups in total. The van der Waals surface area contributed by atoms with E-state index in [1.807, 2.05) is 85.8 Å². The predicted molar refractivity (Wildman–Crippen MR) is 122 cm³/mol. The molecule has 0 aliphatic rings. The normalized spacial score (nSPS) is 10.6. The molecule has 0 bridgehead atoms. The Morgan fingerprint density at radius 1 is 0.733 bits per heavy atom. The van der Waals surface area contributed by atoms with Gasteiger partial charge in [-0.25, -0.2) is 0 Å². The number of hydrogen-bond donors (Lipinski definition) is 2. The third kappa shape index (κ3) is 6.03. The van der Waals surface area contributed by atoms with Gasteiger partial charge < -0.3 is 10.6 Å². The summed E-state index contributed by atoms with van der Waals surface area (Å²) >= 11 is 0. The molecule has 0 heterocycles. The second-order valence-electron chi connectivity index (χ2n) is 7.22. The number of rotatable bonds is 8. The van der Waals surface area contributed by atoms with Crippen molar-refractivity contribution in [3.63, 3.8) is 0 Å². The van der Waals surface area contributed by atoms with Gasteiger partial charge in [0.1, 0.15) is 0 Å². The number of aryl methyl sites for hydroxylation is 1. The number of amides is 2. The number of hydrogen-bond acceptors (Lipinski definition) is 3. The standard InChI is InChI=1S/C25H27N3O2/c1-3-19-9-7-8-12-23(19)27-25(30)18-28(2)17-24(29)26-22-15-13-21(14-16-22)20-10-5-4-6-11-20/h4-16H,3,17-18H2,1-2H3,(H,26,29)(H,27,30). The number of anilines is 2. The molecule has 5 nitrogen and oxygen atoms in total. The zero-order valence-electron chi connectivity index (χ0n) is 17.4. The Kier molecular flexibility index (Phi) is 7.35. The summed E-state index contributed by atoms with van der Waals surface area (Å²) in [7, 11) is 1.75. The van der Waals surface area contributed by atoms with Gasteiger partial charge >= 0.3 is 0 Å². The van der Waals surface area contributed by atoms with Crippen molar-refractivity contribution in [2.24, 2.45) is 0 Å². The Labute approximate surface area is 177 Å². The van der Waals surface area contributed by atoms with Crippen molar-refractivity contribution in [3.05, 3.63) is 84.4 Å². The third-order valence-electron chi connectivity index (χ3n) is 4.78. The van der Waals surface area contributed by atoms with E-state index in [1.54, 1.807) is 11.9 Å². The van der Waals surface area contributed by atoms with E-state index < -0.39 is 0 Å². The van der Waals surface area contributed by atoms with Crippen LogP contribution in [0.25, 0.3) is 11.1 Å². The largest absolute Gasteiger partial charge is 0.325 e. The van der Waals surface area contributed by atoms with Gasteiger partial charge in [0, 0.05) is 11.4 Å². The lowest BCUT2D eigenvalue weighted by Crippen LogP contribution is -2.36. The van der Waals surface area contributed by atoms with Crippen molar-refractivity contribution in [3.8, 4) is 11.1 Å². The Bertz CT molecular complexity index is 985. The Balaban J connectivity index is 1.49. The average molecular weight is 402 g/mol. The minimum Gasteiger partial charge on any atom is -0.325 e. The van der Waals surface area contributed by atoms with Crippen molar-refractivity contribution in [1.82, 2.24) is 4.90 Å². The molecule has 0 fully saturated rings. The lowest BCUT2D eigenvalue weighted by Gasteiger charge is -2.17. The average Bonchev–Trinajstić information content (AvgIpc) is 2.75. The van der Waals surface area contributed by atoms with E-state index in [1.165, 1.54) is 0 Å². The highest BCUT2D eigenvalue weighted by Gasteiger charge is 2.12. The second-order valence-corrected chi connectivity index (χ2v) is 7.22. The molecule has 0 radical (unpaired) electrons. The molecule has 154 valence electrons. The van der Waals surface area contributed by atoms with Gasteiger partial charge in [0.15, 0.2) is 0 Å². The van der Waals surface area contributed by atoms with Crippen LogP contribution in [0.4, 0.5) is 11.4 Å². The van der Waals surface area contributed by atoms with Crippen LogP contribution in [0.5, 0.6) is 0 Å². The Morgan fingerprint density at radius 3 is 1.97 bits per heavy atom. The maximum atomic E-state index is 12.3. The summed E-state index contributed by atoms with van der Waals surface area (Å²) < 4.78 is 0. The van der Waals surface area contributed by atoms with E-state index >= 15 is 0 Å². The fourth-order valence-electron chi connectivity index (χ4n) is 3.26. The minimum atomic E-state index is -0.160. The Morgan fingerprint density at radius 2 is 1.30 bits per heavy atom. The van der Waals surface area contributed by atoms with E-state index in [9.17, 15) is 9.59 Å². The minimum absolute atomic E-state index is 0.128. The first-order valence-corrected chi connectivity index (χ1v) is 10.1. The maximum absolute atomic E-state index is 12.3. The number of nitrogens with one attached hydrogen (secondary N) is 2. The van der Waals surface area contributed by atoms with Gasteiger partial charge in [-0.05, 0) is 48.4 Å². The summed E-state index contributed by atoms with van der Waals surface area (Å²) in [6, 6.07) is 25.5. The van der Waals surface area contributed by atoms with Gasteiger partial charge in [-0.1, -0.05) is 67.6 Å². The number of likely N-dealkylation sites (N-methyl/N-ethyl adjacent to an activating group) is 1. The first-order valence-electron chi connectivity index (χ1n) is 10.1. The van der Waals surface area contributed by atoms with Crippen molar-refractivity contribution in [2.75, 3.05) is 30.8 Å². The molecule has 0 spiro atoms. The fraction of sp³-hybridized carbons (Fsp3) is 0.200. The number of carbonyl (C=O) groups is 2. The summed E-state index contributed by atoms with van der Waals surface area (Å²) in [5, 5.41) is 5.81. The smallest absolute Gasteiger partial charge is 0.238 e. The molecule has 0 aromatic heterocycles. The highest BCUT2D eigenvalue weighted by atomic mass is 16.2. The fourth-order valence-corrected chi connectivity index (χ4v) is 3.26. The van der Waals surface area contributed by atoms with Crippen LogP contribution in [-0.2, 0) is 16.0 Å². The first-order chi connectivity index (χ1) is 14.5. The second kappa shape index (κ2) is 10.4. The zero-order chi connectivity index (χ0) is 21.3. The van der Waals surface area contributed by atoms with E-state index in [4.69, 9.17) is 0 Å². The molecule has 0 aliphatic carbocycles. The number of benzene rings is 3. The maximum Gasteiger partial charge on any atom is 0.238 e. The molecule has 0 saturated carbocycles. The summed E-state index contributed by atoms with van der Waals surface area (Å²) in [6.07, 6.45) is 0.845. The number of nitrogens with zero attached hydrogens (tertiary/aromatic N) is 1. The quantitative estimate of drug-likeness (QED) is 0.587. The van der Waals surface area contributed by atoms with Gasteiger partial charge in [-0.2, -0.15) is 0 Å². The van der Waals surface area contributed by atoms with Gasteiger partial charge in [0.05, 0.1) is 13.1 Å². The summed E-state index contributed by atoms with van der Waals surface area (Å²) in [4.78, 5) is 26.3. The van der Waals surface area contributed by atoms with Crippen molar-refractivity contribution in [2.45, 2.75) is 13.3 Å². The monoisotopic (exact) mass is 401 g/mol. The molecule has 3 aromatic carbocycles. The number of para-hydroxylation sites is 1. The number of carbonyl (C=O) groups excluding carboxylic acids is 2. The molecule has 2 amide bonds. The van der Waals surface area contributed by atoms with Crippen molar-refractivity contribution in [1.29, 1.82) is 0 Å². The van der Waals surface area contributed by atoms with Crippen LogP contribution in [0.15, 0.2) is 78.9 Å². The van der Waals surface area contributed by atoms with Crippen LogP contribution >= 0.6 is 0 Å². The predicted octanol–water partition coefficient (Wildman–Crippen LogP) is 4.43. The van der Waals surface area contributed by atoms with Gasteiger partial charge in [-0.15, -0.1) is 0 Å². The van der Waals surface area contributed by atoms with E-state index in [2.05, 4.69) is 10.6 Å². The van der Waals surface area contributed by atoms with Crippen molar-refractivity contribution < 1.29 is 9.59 Å². The molecule has 0 aliphatic heterocycles. The SMILES string of the molecule is CCc1ccccc1NC(=O)CN(C)CC(=O)Nc1ccc(-c2ccccc2)cc1. The third-order valence-corrected chi connectivity index (χ3v) is 4.78. The van der Waals surface area contributed by atoms with E-state index in [-0.39, 0.29) is 24.9 Å². The Hall–Kier alpha value is -3.44. The molecule has 30 heavy (non-hydrogen) atoms. The van der Waals surface area contributed by atoms with Crippen LogP contribution < -0.4 is 10.6 Å². The van der Waals surface area contributed by atoms with Crippen LogP contribution in [0.1, 0.15) is 12.5 Å². The summed E-state index contributed by atoms with van der Waals surface area (Å²) in [6.45, 7) is 2.32. The molecule has 3 rings (SSSR count). The summed E-state index contributed by atoms with van der Waals surface area (Å²) in [5.41, 5.74) is 4.86. The van der Waals surface area contributed by atoms with Crippen LogP contribution in [0.3, 0.4) is 0 Å². The van der Waals surface area contributed by atoms with E-state index in [0.29, 0.717) is 0 Å². The zero-order valence-corrected chi connectivity index (χ0v) is 17.4. The van der Waals surface area contributed by atoms with Gasteiger partial charge in [0.25, 0.3) is 0 Å². The molecule has 0 atom stereocenters. The van der Waals surface area contributed by atoms with Crippen LogP contribution in [-0.4, -0.2) is 36.9 Å². The molecule has 3 aromatic rings.